The molecular formula is C25H21N5O3S. The maximum Gasteiger partial charge on any atom is 0.285 e. The Morgan fingerprint density at radius 3 is 2.35 bits per heavy atom. The Kier molecular flexibility index (Phi) is 5.46. The molecule has 34 heavy (non-hydrogen) atoms. The summed E-state index contributed by atoms with van der Waals surface area (Å²) in [5, 5.41) is 6.10. The molecule has 1 aromatic heterocycles. The number of amides is 1. The first-order valence-electron chi connectivity index (χ1n) is 10.6. The van der Waals surface area contributed by atoms with E-state index >= 15 is 0 Å². The molecule has 4 aromatic rings. The predicted molar refractivity (Wildman–Crippen MR) is 129 cm³/mol. The van der Waals surface area contributed by atoms with E-state index in [1.165, 1.54) is 6.07 Å². The molecule has 0 fully saturated rings. The van der Waals surface area contributed by atoms with E-state index in [1.54, 1.807) is 48.7 Å². The minimum atomic E-state index is -3.71. The summed E-state index contributed by atoms with van der Waals surface area (Å²) in [6.07, 6.45) is 3.53. The molecule has 0 saturated carbocycles. The highest BCUT2D eigenvalue weighted by Crippen LogP contribution is 2.27. The number of nitrogens with one attached hydrogen (secondary N) is 2. The second-order valence-electron chi connectivity index (χ2n) is 7.83. The van der Waals surface area contributed by atoms with E-state index in [1.807, 2.05) is 48.1 Å². The molecule has 2 N–H and O–H groups in total. The van der Waals surface area contributed by atoms with Gasteiger partial charge in [-0.3, -0.25) is 4.79 Å². The first-order valence-corrected chi connectivity index (χ1v) is 12.0. The molecule has 0 saturated heterocycles. The molecule has 0 spiro atoms. The van der Waals surface area contributed by atoms with E-state index in [0.29, 0.717) is 16.8 Å². The van der Waals surface area contributed by atoms with Gasteiger partial charge in [-0.1, -0.05) is 42.5 Å². The second kappa shape index (κ2) is 8.60. The van der Waals surface area contributed by atoms with Gasteiger partial charge in [-0.15, -0.1) is 4.40 Å². The first kappa shape index (κ1) is 21.6. The Bertz CT molecular complexity index is 1490. The van der Waals surface area contributed by atoms with E-state index in [2.05, 4.69) is 20.0 Å². The van der Waals surface area contributed by atoms with Crippen molar-refractivity contribution < 1.29 is 13.2 Å². The van der Waals surface area contributed by atoms with Crippen LogP contribution in [0.1, 0.15) is 33.4 Å². The fourth-order valence-corrected chi connectivity index (χ4v) is 5.03. The van der Waals surface area contributed by atoms with Gasteiger partial charge in [0, 0.05) is 36.3 Å². The minimum absolute atomic E-state index is 0.176. The predicted octanol–water partition coefficient (Wildman–Crippen LogP) is 3.50. The number of imidazole rings is 1. The van der Waals surface area contributed by atoms with Crippen molar-refractivity contribution in [2.24, 2.45) is 11.4 Å². The summed E-state index contributed by atoms with van der Waals surface area (Å²) in [6.45, 7) is 0. The summed E-state index contributed by atoms with van der Waals surface area (Å²) in [4.78, 5) is 17.7. The molecule has 1 aliphatic rings. The molecule has 0 aliphatic carbocycles. The highest BCUT2D eigenvalue weighted by atomic mass is 32.2. The number of anilines is 1. The zero-order chi connectivity index (χ0) is 23.7. The number of aromatic nitrogens is 2. The van der Waals surface area contributed by atoms with Gasteiger partial charge < -0.3 is 15.2 Å². The molecule has 3 aromatic carbocycles. The highest BCUT2D eigenvalue weighted by molar-refractivity contribution is 7.90. The molecule has 1 unspecified atom stereocenters. The van der Waals surface area contributed by atoms with Crippen LogP contribution in [0.2, 0.25) is 0 Å². The zero-order valence-electron chi connectivity index (χ0n) is 18.2. The topological polar surface area (TPSA) is 105 Å². The SMILES string of the molecule is Cn1ccnc1C(NC(=O)c1ccc(NC2=NS(=O)(=O)c3ccccc32)cc1)c1ccccc1. The van der Waals surface area contributed by atoms with Crippen LogP contribution in [0.4, 0.5) is 5.69 Å². The number of sulfonamides is 1. The lowest BCUT2D eigenvalue weighted by atomic mass is 10.1. The van der Waals surface area contributed by atoms with Crippen LogP contribution in [0, 0.1) is 0 Å². The second-order valence-corrected chi connectivity index (χ2v) is 9.40. The van der Waals surface area contributed by atoms with Gasteiger partial charge >= 0.3 is 0 Å². The number of nitrogens with zero attached hydrogens (tertiary/aromatic N) is 3. The molecule has 0 radical (unpaired) electrons. The molecule has 0 bridgehead atoms. The highest BCUT2D eigenvalue weighted by Gasteiger charge is 2.28. The van der Waals surface area contributed by atoms with Crippen LogP contribution in [0.25, 0.3) is 0 Å². The van der Waals surface area contributed by atoms with Gasteiger partial charge in [0.25, 0.3) is 15.9 Å². The van der Waals surface area contributed by atoms with Crippen LogP contribution < -0.4 is 10.6 Å². The van der Waals surface area contributed by atoms with Crippen LogP contribution in [-0.4, -0.2) is 29.7 Å². The Morgan fingerprint density at radius 1 is 0.941 bits per heavy atom. The quantitative estimate of drug-likeness (QED) is 0.464. The summed E-state index contributed by atoms with van der Waals surface area (Å²) in [7, 11) is -1.82. The number of aryl methyl sites for hydroxylation is 1. The van der Waals surface area contributed by atoms with Gasteiger partial charge in [0.15, 0.2) is 5.84 Å². The van der Waals surface area contributed by atoms with Gasteiger partial charge in [0.2, 0.25) is 0 Å². The number of rotatable bonds is 5. The summed E-state index contributed by atoms with van der Waals surface area (Å²) < 4.78 is 30.2. The van der Waals surface area contributed by atoms with Gasteiger partial charge in [-0.2, -0.15) is 8.42 Å². The lowest BCUT2D eigenvalue weighted by molar-refractivity contribution is 0.0941. The van der Waals surface area contributed by atoms with Crippen molar-refractivity contribution >= 4 is 27.5 Å². The van der Waals surface area contributed by atoms with Gasteiger partial charge in [0.1, 0.15) is 16.8 Å². The van der Waals surface area contributed by atoms with Crippen molar-refractivity contribution in [2.75, 3.05) is 5.32 Å². The molecule has 8 nitrogen and oxygen atoms in total. The van der Waals surface area contributed by atoms with Crippen LogP contribution in [0.3, 0.4) is 0 Å². The number of carbonyl (C=O) groups is 1. The van der Waals surface area contributed by atoms with Crippen molar-refractivity contribution in [3.63, 3.8) is 0 Å². The number of hydrogen-bond donors (Lipinski definition) is 2. The Labute approximate surface area is 197 Å². The largest absolute Gasteiger partial charge is 0.339 e. The summed E-state index contributed by atoms with van der Waals surface area (Å²) in [6, 6.07) is 22.7. The lowest BCUT2D eigenvalue weighted by Gasteiger charge is -2.19. The molecule has 5 rings (SSSR count). The van der Waals surface area contributed by atoms with E-state index < -0.39 is 16.1 Å². The van der Waals surface area contributed by atoms with E-state index in [0.717, 1.165) is 11.4 Å². The molecule has 1 amide bonds. The monoisotopic (exact) mass is 471 g/mol. The average molecular weight is 472 g/mol. The molecule has 2 heterocycles. The number of hydrogen-bond acceptors (Lipinski definition) is 5. The van der Waals surface area contributed by atoms with Crippen molar-refractivity contribution in [2.45, 2.75) is 10.9 Å². The normalized spacial score (nSPS) is 14.7. The van der Waals surface area contributed by atoms with Gasteiger partial charge in [-0.05, 0) is 42.0 Å². The minimum Gasteiger partial charge on any atom is -0.339 e. The maximum absolute atomic E-state index is 13.1. The molecular weight excluding hydrogens is 450 g/mol. The number of benzene rings is 3. The third-order valence-corrected chi connectivity index (χ3v) is 6.90. The van der Waals surface area contributed by atoms with Crippen molar-refractivity contribution in [1.29, 1.82) is 0 Å². The van der Waals surface area contributed by atoms with Crippen LogP contribution >= 0.6 is 0 Å². The average Bonchev–Trinajstić information content (AvgIpc) is 3.38. The van der Waals surface area contributed by atoms with Crippen molar-refractivity contribution in [3.05, 3.63) is 114 Å². The summed E-state index contributed by atoms with van der Waals surface area (Å²) >= 11 is 0. The molecule has 170 valence electrons. The molecule has 1 atom stereocenters. The summed E-state index contributed by atoms with van der Waals surface area (Å²) in [5.41, 5.74) is 2.51. The Morgan fingerprint density at radius 2 is 1.65 bits per heavy atom. The number of amidine groups is 1. The molecule has 1 aliphatic heterocycles. The van der Waals surface area contributed by atoms with E-state index in [-0.39, 0.29) is 16.6 Å². The molecule has 9 heteroatoms. The first-order chi connectivity index (χ1) is 16.4. The standard InChI is InChI=1S/C25H21N5O3S/c1-30-16-15-26-24(30)22(17-7-3-2-4-8-17)28-25(31)18-11-13-19(14-12-18)27-23-20-9-5-6-10-21(20)34(32,33)29-23/h2-16,22H,1H3,(H,27,29)(H,28,31). The number of fused-ring (bicyclic) bond motifs is 1. The van der Waals surface area contributed by atoms with Crippen LogP contribution in [-0.2, 0) is 17.1 Å². The van der Waals surface area contributed by atoms with E-state index in [4.69, 9.17) is 0 Å². The summed E-state index contributed by atoms with van der Waals surface area (Å²) in [5.74, 6) is 0.721. The fourth-order valence-electron chi connectivity index (χ4n) is 3.85. The van der Waals surface area contributed by atoms with Crippen molar-refractivity contribution in [3.8, 4) is 0 Å². The lowest BCUT2D eigenvalue weighted by Crippen LogP contribution is -2.31. The third kappa shape index (κ3) is 4.08. The Balaban J connectivity index is 1.35. The van der Waals surface area contributed by atoms with E-state index in [9.17, 15) is 13.2 Å². The zero-order valence-corrected chi connectivity index (χ0v) is 19.0. The van der Waals surface area contributed by atoms with Crippen LogP contribution in [0.15, 0.2) is 101 Å². The smallest absolute Gasteiger partial charge is 0.285 e. The van der Waals surface area contributed by atoms with Gasteiger partial charge in [0.05, 0.1) is 0 Å². The van der Waals surface area contributed by atoms with Crippen molar-refractivity contribution in [1.82, 2.24) is 14.9 Å². The maximum atomic E-state index is 13.1. The van der Waals surface area contributed by atoms with Crippen LogP contribution in [0.5, 0.6) is 0 Å². The Hall–Kier alpha value is -4.24. The third-order valence-electron chi connectivity index (χ3n) is 5.57. The number of carbonyl (C=O) groups excluding carboxylic acids is 1. The fraction of sp³-hybridized carbons (Fsp3) is 0.0800. The van der Waals surface area contributed by atoms with Gasteiger partial charge in [-0.25, -0.2) is 4.98 Å².